The third kappa shape index (κ3) is 4.41. The fraction of sp³-hybridized carbons (Fsp3) is 0.250. The number of aromatic nitrogens is 1. The van der Waals surface area contributed by atoms with Gasteiger partial charge in [-0.15, -0.1) is 0 Å². The summed E-state index contributed by atoms with van der Waals surface area (Å²) in [6.07, 6.45) is 1.92. The number of hydrogen-bond donors (Lipinski definition) is 3. The Hall–Kier alpha value is -2.26. The summed E-state index contributed by atoms with van der Waals surface area (Å²) in [5, 5.41) is 18.7. The first kappa shape index (κ1) is 20.5. The Morgan fingerprint density at radius 1 is 1.07 bits per heavy atom. The molecule has 3 aromatic rings. The van der Waals surface area contributed by atoms with Gasteiger partial charge in [-0.2, -0.15) is 0 Å². The lowest BCUT2D eigenvalue weighted by Gasteiger charge is -2.08. The smallest absolute Gasteiger partial charge is 0.238 e. The van der Waals surface area contributed by atoms with Crippen LogP contribution in [-0.2, 0) is 29.5 Å². The van der Waals surface area contributed by atoms with Crippen molar-refractivity contribution < 1.29 is 13.5 Å². The number of nitrogens with one attached hydrogen (secondary N) is 1. The molecule has 4 N–H and O–H groups in total. The highest BCUT2D eigenvalue weighted by atomic mass is 32.2. The van der Waals surface area contributed by atoms with E-state index in [4.69, 9.17) is 5.14 Å². The number of rotatable bonds is 7. The average molecular weight is 418 g/mol. The van der Waals surface area contributed by atoms with Crippen LogP contribution in [0.4, 0.5) is 10.8 Å². The fourth-order valence-corrected chi connectivity index (χ4v) is 4.42. The summed E-state index contributed by atoms with van der Waals surface area (Å²) >= 11 is 1.37. The quantitative estimate of drug-likeness (QED) is 0.542. The van der Waals surface area contributed by atoms with Crippen LogP contribution in [0.2, 0.25) is 0 Å². The largest absolute Gasteiger partial charge is 0.391 e. The van der Waals surface area contributed by atoms with Crippen LogP contribution in [0.5, 0.6) is 0 Å². The minimum Gasteiger partial charge on any atom is -0.391 e. The molecule has 28 heavy (non-hydrogen) atoms. The minimum atomic E-state index is -3.72. The molecule has 1 aromatic heterocycles. The Bertz CT molecular complexity index is 1070. The second-order valence-corrected chi connectivity index (χ2v) is 8.98. The van der Waals surface area contributed by atoms with Gasteiger partial charge in [-0.05, 0) is 54.3 Å². The van der Waals surface area contributed by atoms with Crippen LogP contribution in [0.25, 0.3) is 11.3 Å². The summed E-state index contributed by atoms with van der Waals surface area (Å²) < 4.78 is 22.7. The number of primary sulfonamides is 1. The van der Waals surface area contributed by atoms with E-state index in [-0.39, 0.29) is 11.5 Å². The van der Waals surface area contributed by atoms with Gasteiger partial charge in [0.15, 0.2) is 5.13 Å². The average Bonchev–Trinajstić information content (AvgIpc) is 3.10. The molecule has 0 radical (unpaired) electrons. The van der Waals surface area contributed by atoms with E-state index < -0.39 is 10.0 Å². The van der Waals surface area contributed by atoms with Gasteiger partial charge in [0.2, 0.25) is 10.0 Å². The third-order valence-electron chi connectivity index (χ3n) is 4.52. The fourth-order valence-electron chi connectivity index (χ4n) is 3.04. The molecule has 148 valence electrons. The van der Waals surface area contributed by atoms with Gasteiger partial charge in [-0.3, -0.25) is 0 Å². The normalized spacial score (nSPS) is 11.6. The van der Waals surface area contributed by atoms with Gasteiger partial charge < -0.3 is 10.4 Å². The van der Waals surface area contributed by atoms with Crippen molar-refractivity contribution in [2.24, 2.45) is 5.14 Å². The van der Waals surface area contributed by atoms with E-state index >= 15 is 0 Å². The summed E-state index contributed by atoms with van der Waals surface area (Å²) in [6, 6.07) is 12.4. The van der Waals surface area contributed by atoms with Crippen LogP contribution in [0, 0.1) is 0 Å². The Labute approximate surface area is 169 Å². The first-order chi connectivity index (χ1) is 13.4. The number of hydrogen-bond acceptors (Lipinski definition) is 6. The molecule has 6 nitrogen and oxygen atoms in total. The van der Waals surface area contributed by atoms with E-state index in [2.05, 4.69) is 36.3 Å². The van der Waals surface area contributed by atoms with Crippen LogP contribution >= 0.6 is 11.3 Å². The van der Waals surface area contributed by atoms with Crippen LogP contribution in [0.1, 0.15) is 29.9 Å². The summed E-state index contributed by atoms with van der Waals surface area (Å²) in [5.74, 6) is 0. The molecule has 0 aliphatic rings. The first-order valence-electron chi connectivity index (χ1n) is 8.98. The molecule has 0 aliphatic heterocycles. The molecule has 0 atom stereocenters. The van der Waals surface area contributed by atoms with E-state index in [1.165, 1.54) is 34.6 Å². The van der Waals surface area contributed by atoms with Gasteiger partial charge >= 0.3 is 0 Å². The zero-order valence-corrected chi connectivity index (χ0v) is 17.4. The summed E-state index contributed by atoms with van der Waals surface area (Å²) in [4.78, 5) is 5.48. The van der Waals surface area contributed by atoms with Crippen molar-refractivity contribution in [1.29, 1.82) is 0 Å². The molecular weight excluding hydrogens is 394 g/mol. The molecule has 0 amide bonds. The molecule has 0 aliphatic carbocycles. The molecule has 0 bridgehead atoms. The summed E-state index contributed by atoms with van der Waals surface area (Å²) in [6.45, 7) is 4.17. The minimum absolute atomic E-state index is 0.0528. The number of sulfonamides is 1. The SMILES string of the molecule is CCc1ccc(-c2nc(Nc3ccc(S(N)(=O)=O)cc3)sc2CO)cc1CC. The van der Waals surface area contributed by atoms with E-state index in [1.807, 2.05) is 6.07 Å². The number of nitrogens with two attached hydrogens (primary N) is 1. The van der Waals surface area contributed by atoms with Gasteiger partial charge in [0.05, 0.1) is 22.1 Å². The highest BCUT2D eigenvalue weighted by molar-refractivity contribution is 7.89. The second-order valence-electron chi connectivity index (χ2n) is 6.33. The number of aliphatic hydroxyl groups excluding tert-OH is 1. The number of aliphatic hydroxyl groups is 1. The number of aryl methyl sites for hydroxylation is 2. The highest BCUT2D eigenvalue weighted by Crippen LogP contribution is 2.34. The third-order valence-corrected chi connectivity index (χ3v) is 6.40. The zero-order valence-electron chi connectivity index (χ0n) is 15.8. The van der Waals surface area contributed by atoms with Crippen molar-refractivity contribution in [2.45, 2.75) is 38.2 Å². The zero-order chi connectivity index (χ0) is 20.3. The van der Waals surface area contributed by atoms with Crippen LogP contribution in [0.15, 0.2) is 47.4 Å². The van der Waals surface area contributed by atoms with Crippen LogP contribution in [-0.4, -0.2) is 18.5 Å². The summed E-state index contributed by atoms with van der Waals surface area (Å²) in [5.41, 5.74) is 5.03. The van der Waals surface area contributed by atoms with Gasteiger partial charge in [-0.25, -0.2) is 18.5 Å². The molecular formula is C20H23N3O3S2. The van der Waals surface area contributed by atoms with Crippen molar-refractivity contribution in [3.8, 4) is 11.3 Å². The molecule has 8 heteroatoms. The van der Waals surface area contributed by atoms with Gasteiger partial charge in [0.1, 0.15) is 0 Å². The molecule has 2 aromatic carbocycles. The van der Waals surface area contributed by atoms with Gasteiger partial charge in [0, 0.05) is 11.3 Å². The number of nitrogens with zero attached hydrogens (tertiary/aromatic N) is 1. The standard InChI is InChI=1S/C20H23N3O3S2/c1-3-13-5-6-15(11-14(13)4-2)19-18(12-24)27-20(23-19)22-16-7-9-17(10-8-16)28(21,25)26/h5-11,24H,3-4,12H2,1-2H3,(H,22,23)(H2,21,25,26). The molecule has 3 rings (SSSR count). The lowest BCUT2D eigenvalue weighted by atomic mass is 9.98. The Kier molecular flexibility index (Phi) is 6.14. The first-order valence-corrected chi connectivity index (χ1v) is 11.3. The Morgan fingerprint density at radius 2 is 1.75 bits per heavy atom. The molecule has 1 heterocycles. The lowest BCUT2D eigenvalue weighted by Crippen LogP contribution is -2.11. The van der Waals surface area contributed by atoms with Crippen molar-refractivity contribution in [2.75, 3.05) is 5.32 Å². The molecule has 0 fully saturated rings. The van der Waals surface area contributed by atoms with Crippen molar-refractivity contribution in [3.63, 3.8) is 0 Å². The van der Waals surface area contributed by atoms with Crippen LogP contribution < -0.4 is 10.5 Å². The van der Waals surface area contributed by atoms with E-state index in [0.717, 1.165) is 29.0 Å². The highest BCUT2D eigenvalue weighted by Gasteiger charge is 2.14. The number of thiazole rings is 1. The van der Waals surface area contributed by atoms with Gasteiger partial charge in [0.25, 0.3) is 0 Å². The number of benzene rings is 2. The maximum Gasteiger partial charge on any atom is 0.238 e. The topological polar surface area (TPSA) is 105 Å². The predicted octanol–water partition coefficient (Wildman–Crippen LogP) is 3.82. The van der Waals surface area contributed by atoms with E-state index in [1.54, 1.807) is 12.1 Å². The van der Waals surface area contributed by atoms with Gasteiger partial charge in [-0.1, -0.05) is 37.3 Å². The van der Waals surface area contributed by atoms with Crippen molar-refractivity contribution in [1.82, 2.24) is 4.98 Å². The monoisotopic (exact) mass is 417 g/mol. The van der Waals surface area contributed by atoms with E-state index in [0.29, 0.717) is 10.8 Å². The van der Waals surface area contributed by atoms with Crippen LogP contribution in [0.3, 0.4) is 0 Å². The Balaban J connectivity index is 1.91. The Morgan fingerprint density at radius 3 is 2.32 bits per heavy atom. The predicted molar refractivity (Wildman–Crippen MR) is 113 cm³/mol. The molecule has 0 saturated heterocycles. The summed E-state index contributed by atoms with van der Waals surface area (Å²) in [7, 11) is -3.72. The van der Waals surface area contributed by atoms with Crippen molar-refractivity contribution >= 4 is 32.2 Å². The second kappa shape index (κ2) is 8.40. The maximum atomic E-state index is 11.4. The molecule has 0 unspecified atom stereocenters. The van der Waals surface area contributed by atoms with Crippen molar-refractivity contribution in [3.05, 3.63) is 58.5 Å². The van der Waals surface area contributed by atoms with E-state index in [9.17, 15) is 13.5 Å². The lowest BCUT2D eigenvalue weighted by molar-refractivity contribution is 0.286. The molecule has 0 spiro atoms. The molecule has 0 saturated carbocycles. The number of anilines is 2. The maximum absolute atomic E-state index is 11.4.